The number of carbonyl (C=O) groups is 2. The Morgan fingerprint density at radius 3 is 2.48 bits per heavy atom. The van der Waals surface area contributed by atoms with Crippen LogP contribution >= 0.6 is 11.5 Å². The lowest BCUT2D eigenvalue weighted by Crippen LogP contribution is -2.29. The molecule has 116 valence electrons. The van der Waals surface area contributed by atoms with Crippen molar-refractivity contribution >= 4 is 34.2 Å². The molecule has 0 aliphatic heterocycles. The van der Waals surface area contributed by atoms with Crippen LogP contribution in [0.15, 0.2) is 5.10 Å². The lowest BCUT2D eigenvalue weighted by atomic mass is 10.4. The van der Waals surface area contributed by atoms with E-state index in [1.807, 2.05) is 0 Å². The van der Waals surface area contributed by atoms with E-state index in [-0.39, 0.29) is 10.7 Å². The highest BCUT2D eigenvalue weighted by atomic mass is 32.1. The molecule has 0 aliphatic rings. The molecule has 0 atom stereocenters. The Labute approximate surface area is 121 Å². The molecule has 21 heavy (non-hydrogen) atoms. The zero-order valence-electron chi connectivity index (χ0n) is 11.1. The van der Waals surface area contributed by atoms with Gasteiger partial charge in [-0.1, -0.05) is 4.49 Å². The molecular weight excluding hydrogens is 313 g/mol. The monoisotopic (exact) mass is 324 g/mol. The molecule has 12 heteroatoms. The van der Waals surface area contributed by atoms with Crippen LogP contribution in [0.5, 0.6) is 0 Å². The van der Waals surface area contributed by atoms with Crippen LogP contribution in [0.1, 0.15) is 17.4 Å². The van der Waals surface area contributed by atoms with Gasteiger partial charge in [0.1, 0.15) is 5.71 Å². The molecule has 0 radical (unpaired) electrons. The van der Waals surface area contributed by atoms with Crippen LogP contribution in [0.2, 0.25) is 0 Å². The number of halogens is 3. The van der Waals surface area contributed by atoms with Crippen LogP contribution < -0.4 is 10.7 Å². The molecule has 1 heterocycles. The minimum Gasteiger partial charge on any atom is -0.331 e. The van der Waals surface area contributed by atoms with Crippen molar-refractivity contribution < 1.29 is 22.8 Å². The van der Waals surface area contributed by atoms with Gasteiger partial charge in [-0.3, -0.25) is 10.1 Å². The quantitative estimate of drug-likeness (QED) is 0.646. The molecule has 0 aliphatic carbocycles. The molecule has 3 amide bonds. The Morgan fingerprint density at radius 2 is 1.95 bits per heavy atom. The van der Waals surface area contributed by atoms with E-state index in [0.717, 1.165) is 0 Å². The number of anilines is 1. The normalized spacial score (nSPS) is 12.0. The largest absolute Gasteiger partial charge is 0.430 e. The van der Waals surface area contributed by atoms with Gasteiger partial charge in [0.25, 0.3) is 5.91 Å². The van der Waals surface area contributed by atoms with Crippen molar-refractivity contribution in [2.45, 2.75) is 13.1 Å². The minimum atomic E-state index is -4.64. The van der Waals surface area contributed by atoms with Gasteiger partial charge in [-0.15, -0.1) is 5.10 Å². The fourth-order valence-corrected chi connectivity index (χ4v) is 1.44. The van der Waals surface area contributed by atoms with E-state index in [4.69, 9.17) is 0 Å². The topological polar surface area (TPSA) is 99.6 Å². The van der Waals surface area contributed by atoms with E-state index in [1.165, 1.54) is 19.0 Å². The Hall–Kier alpha value is -2.24. The lowest BCUT2D eigenvalue weighted by molar-refractivity contribution is -0.0595. The van der Waals surface area contributed by atoms with Gasteiger partial charge in [-0.2, -0.15) is 18.3 Å². The number of amides is 3. The predicted octanol–water partition coefficient (Wildman–Crippen LogP) is 1.30. The minimum absolute atomic E-state index is 0.00561. The number of aromatic nitrogens is 2. The van der Waals surface area contributed by atoms with Gasteiger partial charge < -0.3 is 4.90 Å². The number of alkyl halides is 3. The summed E-state index contributed by atoms with van der Waals surface area (Å²) in [5.41, 5.74) is 0.153. The average Bonchev–Trinajstić information content (AvgIpc) is 2.82. The van der Waals surface area contributed by atoms with Gasteiger partial charge in [-0.05, 0) is 6.92 Å². The van der Waals surface area contributed by atoms with E-state index in [2.05, 4.69) is 20.0 Å². The standard InChI is InChI=1S/C9H11F3N6O2S/c1-4(9(10,11)12)14-16-6(19)5-7(21-17-15-5)13-8(20)18(2)3/h1-3H3,(H,13,20)(H,16,19)/b14-4+. The van der Waals surface area contributed by atoms with Crippen molar-refractivity contribution in [3.63, 3.8) is 0 Å². The van der Waals surface area contributed by atoms with Crippen molar-refractivity contribution in [2.75, 3.05) is 19.4 Å². The highest BCUT2D eigenvalue weighted by Gasteiger charge is 2.32. The molecular formula is C9H11F3N6O2S. The zero-order valence-corrected chi connectivity index (χ0v) is 12.0. The molecule has 0 unspecified atom stereocenters. The van der Waals surface area contributed by atoms with Gasteiger partial charge in [-0.25, -0.2) is 10.2 Å². The van der Waals surface area contributed by atoms with Crippen molar-refractivity contribution in [1.82, 2.24) is 19.9 Å². The second-order valence-corrected chi connectivity index (χ2v) is 4.67. The number of carbonyl (C=O) groups excluding carboxylic acids is 2. The van der Waals surface area contributed by atoms with Crippen molar-refractivity contribution in [1.29, 1.82) is 0 Å². The first-order valence-electron chi connectivity index (χ1n) is 5.35. The van der Waals surface area contributed by atoms with Gasteiger partial charge in [0.15, 0.2) is 10.7 Å². The Bertz CT molecular complexity index is 568. The first kappa shape index (κ1) is 16.8. The molecule has 0 fully saturated rings. The van der Waals surface area contributed by atoms with Crippen LogP contribution in [0.25, 0.3) is 0 Å². The van der Waals surface area contributed by atoms with Crippen LogP contribution in [0, 0.1) is 0 Å². The second-order valence-electron chi connectivity index (χ2n) is 3.91. The molecule has 1 aromatic rings. The molecule has 0 saturated heterocycles. The van der Waals surface area contributed by atoms with Gasteiger partial charge in [0.05, 0.1) is 0 Å². The SMILES string of the molecule is C/C(=N\NC(=O)c1nnsc1NC(=O)N(C)C)C(F)(F)F. The average molecular weight is 324 g/mol. The van der Waals surface area contributed by atoms with E-state index >= 15 is 0 Å². The van der Waals surface area contributed by atoms with Gasteiger partial charge in [0, 0.05) is 25.6 Å². The maximum Gasteiger partial charge on any atom is 0.430 e. The van der Waals surface area contributed by atoms with Crippen molar-refractivity contribution in [3.8, 4) is 0 Å². The highest BCUT2D eigenvalue weighted by molar-refractivity contribution is 7.10. The summed E-state index contributed by atoms with van der Waals surface area (Å²) in [6.45, 7) is 0.703. The smallest absolute Gasteiger partial charge is 0.331 e. The molecule has 2 N–H and O–H groups in total. The summed E-state index contributed by atoms with van der Waals surface area (Å²) in [5.74, 6) is -1.01. The first-order valence-corrected chi connectivity index (χ1v) is 6.12. The summed E-state index contributed by atoms with van der Waals surface area (Å²) < 4.78 is 40.1. The maximum atomic E-state index is 12.2. The fourth-order valence-electron chi connectivity index (χ4n) is 0.881. The number of nitrogens with zero attached hydrogens (tertiary/aromatic N) is 4. The summed E-state index contributed by atoms with van der Waals surface area (Å²) >= 11 is 0.712. The third-order valence-corrected chi connectivity index (χ3v) is 2.71. The second kappa shape index (κ2) is 6.47. The van der Waals surface area contributed by atoms with Crippen LogP contribution in [0.3, 0.4) is 0 Å². The molecule has 8 nitrogen and oxygen atoms in total. The highest BCUT2D eigenvalue weighted by Crippen LogP contribution is 2.19. The number of hydrazone groups is 1. The fraction of sp³-hybridized carbons (Fsp3) is 0.444. The Morgan fingerprint density at radius 1 is 1.33 bits per heavy atom. The van der Waals surface area contributed by atoms with E-state index < -0.39 is 23.8 Å². The number of nitrogens with one attached hydrogen (secondary N) is 2. The van der Waals surface area contributed by atoms with Crippen molar-refractivity contribution in [3.05, 3.63) is 5.69 Å². The molecule has 1 rings (SSSR count). The zero-order chi connectivity index (χ0) is 16.2. The molecule has 0 aromatic carbocycles. The third kappa shape index (κ3) is 4.66. The van der Waals surface area contributed by atoms with Crippen LogP contribution in [0.4, 0.5) is 23.0 Å². The third-order valence-electron chi connectivity index (χ3n) is 2.07. The van der Waals surface area contributed by atoms with Crippen LogP contribution in [-0.2, 0) is 0 Å². The summed E-state index contributed by atoms with van der Waals surface area (Å²) in [5, 5.41) is 8.70. The molecule has 0 bridgehead atoms. The van der Waals surface area contributed by atoms with E-state index in [9.17, 15) is 22.8 Å². The summed E-state index contributed by atoms with van der Waals surface area (Å²) in [4.78, 5) is 24.3. The number of urea groups is 1. The lowest BCUT2D eigenvalue weighted by Gasteiger charge is -2.10. The number of hydrogen-bond donors (Lipinski definition) is 2. The first-order chi connectivity index (χ1) is 9.62. The van der Waals surface area contributed by atoms with Crippen molar-refractivity contribution in [2.24, 2.45) is 5.10 Å². The van der Waals surface area contributed by atoms with Gasteiger partial charge >= 0.3 is 12.2 Å². The predicted molar refractivity (Wildman–Crippen MR) is 69.2 cm³/mol. The summed E-state index contributed by atoms with van der Waals surface area (Å²) in [6.07, 6.45) is -4.64. The molecule has 0 spiro atoms. The molecule has 0 saturated carbocycles. The molecule has 1 aromatic heterocycles. The van der Waals surface area contributed by atoms with E-state index in [0.29, 0.717) is 18.5 Å². The maximum absolute atomic E-state index is 12.2. The van der Waals surface area contributed by atoms with Gasteiger partial charge in [0.2, 0.25) is 0 Å². The Kier molecular flexibility index (Phi) is 5.18. The number of rotatable bonds is 3. The summed E-state index contributed by atoms with van der Waals surface area (Å²) in [6, 6.07) is -0.537. The number of hydrogen-bond acceptors (Lipinski definition) is 6. The van der Waals surface area contributed by atoms with E-state index in [1.54, 1.807) is 5.43 Å². The van der Waals surface area contributed by atoms with Crippen LogP contribution in [-0.4, -0.2) is 52.4 Å². The summed E-state index contributed by atoms with van der Waals surface area (Å²) in [7, 11) is 2.95. The Balaban J connectivity index is 2.81.